The van der Waals surface area contributed by atoms with Crippen LogP contribution in [-0.2, 0) is 13.1 Å². The molecule has 1 N–H and O–H groups in total. The fourth-order valence-electron chi connectivity index (χ4n) is 3.09. The van der Waals surface area contributed by atoms with Crippen LogP contribution in [0.2, 0.25) is 0 Å². The maximum Gasteiger partial charge on any atom is 0.120 e. The number of hydrogen-bond donors (Lipinski definition) is 1. The number of furan rings is 1. The summed E-state index contributed by atoms with van der Waals surface area (Å²) in [6.07, 6.45) is 7.44. The second kappa shape index (κ2) is 8.01. The van der Waals surface area contributed by atoms with Gasteiger partial charge in [-0.2, -0.15) is 5.10 Å². The zero-order valence-electron chi connectivity index (χ0n) is 15.2. The van der Waals surface area contributed by atoms with Crippen molar-refractivity contribution >= 4 is 0 Å². The summed E-state index contributed by atoms with van der Waals surface area (Å²) in [5.74, 6) is 0.926. The number of nitrogens with one attached hydrogen (secondary N) is 1. The second-order valence-electron chi connectivity index (χ2n) is 6.55. The van der Waals surface area contributed by atoms with Gasteiger partial charge in [0.05, 0.1) is 24.5 Å². The molecule has 0 aliphatic carbocycles. The van der Waals surface area contributed by atoms with Crippen LogP contribution in [0.5, 0.6) is 0 Å². The van der Waals surface area contributed by atoms with Crippen LogP contribution in [-0.4, -0.2) is 14.8 Å². The fraction of sp³-hybridized carbons (Fsp3) is 0.182. The van der Waals surface area contributed by atoms with Crippen molar-refractivity contribution in [2.75, 3.05) is 0 Å². The summed E-state index contributed by atoms with van der Waals surface area (Å²) in [4.78, 5) is 4.25. The van der Waals surface area contributed by atoms with Crippen molar-refractivity contribution in [1.82, 2.24) is 20.1 Å². The number of aromatic nitrogens is 3. The molecule has 0 radical (unpaired) electrons. The summed E-state index contributed by atoms with van der Waals surface area (Å²) < 4.78 is 7.48. The van der Waals surface area contributed by atoms with Crippen molar-refractivity contribution in [3.05, 3.63) is 96.3 Å². The van der Waals surface area contributed by atoms with E-state index in [0.717, 1.165) is 29.1 Å². The zero-order valence-corrected chi connectivity index (χ0v) is 15.2. The zero-order chi connectivity index (χ0) is 18.5. The van der Waals surface area contributed by atoms with Gasteiger partial charge in [0.15, 0.2) is 0 Å². The average Bonchev–Trinajstić information content (AvgIpc) is 3.38. The van der Waals surface area contributed by atoms with Crippen molar-refractivity contribution in [2.45, 2.75) is 26.1 Å². The fourth-order valence-corrected chi connectivity index (χ4v) is 3.09. The molecule has 0 spiro atoms. The summed E-state index contributed by atoms with van der Waals surface area (Å²) in [6, 6.07) is 18.4. The third-order valence-electron chi connectivity index (χ3n) is 4.53. The molecule has 0 amide bonds. The Hall–Kier alpha value is -3.18. The van der Waals surface area contributed by atoms with Gasteiger partial charge in [0.25, 0.3) is 0 Å². The lowest BCUT2D eigenvalue weighted by Crippen LogP contribution is -2.17. The van der Waals surface area contributed by atoms with E-state index in [2.05, 4.69) is 35.6 Å². The Bertz CT molecular complexity index is 962. The predicted octanol–water partition coefficient (Wildman–Crippen LogP) is 4.44. The SMILES string of the molecule is CC(NCc1cn(Cc2ccccc2)nc1-c1cccnc1)c1ccco1. The number of pyridine rings is 1. The molecule has 0 aliphatic heterocycles. The minimum atomic E-state index is 0.124. The third kappa shape index (κ3) is 4.15. The van der Waals surface area contributed by atoms with E-state index in [1.165, 1.54) is 5.56 Å². The van der Waals surface area contributed by atoms with E-state index in [4.69, 9.17) is 9.52 Å². The lowest BCUT2D eigenvalue weighted by molar-refractivity contribution is 0.430. The van der Waals surface area contributed by atoms with Crippen LogP contribution in [0.15, 0.2) is 83.9 Å². The molecule has 0 saturated heterocycles. The summed E-state index contributed by atoms with van der Waals surface area (Å²) in [6.45, 7) is 3.53. The Kier molecular flexibility index (Phi) is 5.12. The molecule has 0 aliphatic rings. The van der Waals surface area contributed by atoms with E-state index in [9.17, 15) is 0 Å². The van der Waals surface area contributed by atoms with Gasteiger partial charge in [-0.1, -0.05) is 30.3 Å². The molecule has 1 aromatic carbocycles. The molecule has 0 saturated carbocycles. The van der Waals surface area contributed by atoms with Crippen LogP contribution in [0.25, 0.3) is 11.3 Å². The van der Waals surface area contributed by atoms with E-state index in [1.54, 1.807) is 12.5 Å². The largest absolute Gasteiger partial charge is 0.468 e. The van der Waals surface area contributed by atoms with Gasteiger partial charge in [-0.3, -0.25) is 9.67 Å². The second-order valence-corrected chi connectivity index (χ2v) is 6.55. The van der Waals surface area contributed by atoms with Gasteiger partial charge in [0, 0.05) is 36.3 Å². The van der Waals surface area contributed by atoms with Crippen LogP contribution in [0.4, 0.5) is 0 Å². The maximum atomic E-state index is 5.49. The van der Waals surface area contributed by atoms with E-state index < -0.39 is 0 Å². The van der Waals surface area contributed by atoms with E-state index in [1.807, 2.05) is 53.3 Å². The first-order valence-electron chi connectivity index (χ1n) is 9.07. The van der Waals surface area contributed by atoms with Crippen LogP contribution >= 0.6 is 0 Å². The molecular formula is C22H22N4O. The van der Waals surface area contributed by atoms with Gasteiger partial charge >= 0.3 is 0 Å². The quantitative estimate of drug-likeness (QED) is 0.531. The monoisotopic (exact) mass is 358 g/mol. The van der Waals surface area contributed by atoms with Crippen LogP contribution in [0.3, 0.4) is 0 Å². The van der Waals surface area contributed by atoms with E-state index >= 15 is 0 Å². The first kappa shape index (κ1) is 17.2. The predicted molar refractivity (Wildman–Crippen MR) is 105 cm³/mol. The third-order valence-corrected chi connectivity index (χ3v) is 4.53. The molecule has 0 bridgehead atoms. The van der Waals surface area contributed by atoms with Gasteiger partial charge in [-0.25, -0.2) is 0 Å². The van der Waals surface area contributed by atoms with E-state index in [-0.39, 0.29) is 6.04 Å². The molecule has 4 aromatic rings. The van der Waals surface area contributed by atoms with E-state index in [0.29, 0.717) is 6.54 Å². The molecule has 3 heterocycles. The highest BCUT2D eigenvalue weighted by atomic mass is 16.3. The highest BCUT2D eigenvalue weighted by Crippen LogP contribution is 2.23. The Balaban J connectivity index is 1.58. The van der Waals surface area contributed by atoms with Crippen molar-refractivity contribution in [3.63, 3.8) is 0 Å². The topological polar surface area (TPSA) is 55.9 Å². The van der Waals surface area contributed by atoms with Crippen LogP contribution < -0.4 is 5.32 Å². The minimum absolute atomic E-state index is 0.124. The molecule has 4 rings (SSSR count). The Morgan fingerprint density at radius 2 is 1.96 bits per heavy atom. The standard InChI is InChI=1S/C22H22N4O/c1-17(21-10-6-12-27-21)24-14-20-16-26(15-18-7-3-2-4-8-18)25-22(20)19-9-5-11-23-13-19/h2-13,16-17,24H,14-15H2,1H3. The Morgan fingerprint density at radius 3 is 2.70 bits per heavy atom. The smallest absolute Gasteiger partial charge is 0.120 e. The molecular weight excluding hydrogens is 336 g/mol. The lowest BCUT2D eigenvalue weighted by Gasteiger charge is -2.11. The highest BCUT2D eigenvalue weighted by molar-refractivity contribution is 5.61. The summed E-state index contributed by atoms with van der Waals surface area (Å²) in [7, 11) is 0. The molecule has 5 heteroatoms. The van der Waals surface area contributed by atoms with Crippen LogP contribution in [0.1, 0.15) is 29.9 Å². The van der Waals surface area contributed by atoms with Crippen molar-refractivity contribution in [2.24, 2.45) is 0 Å². The summed E-state index contributed by atoms with van der Waals surface area (Å²) >= 11 is 0. The molecule has 5 nitrogen and oxygen atoms in total. The van der Waals surface area contributed by atoms with Gasteiger partial charge < -0.3 is 9.73 Å². The maximum absolute atomic E-state index is 5.49. The van der Waals surface area contributed by atoms with Crippen molar-refractivity contribution < 1.29 is 4.42 Å². The molecule has 3 aromatic heterocycles. The van der Waals surface area contributed by atoms with Gasteiger partial charge in [-0.05, 0) is 36.8 Å². The first-order chi connectivity index (χ1) is 13.3. The van der Waals surface area contributed by atoms with Gasteiger partial charge in [-0.15, -0.1) is 0 Å². The molecule has 136 valence electrons. The summed E-state index contributed by atoms with van der Waals surface area (Å²) in [5.41, 5.74) is 4.34. The summed E-state index contributed by atoms with van der Waals surface area (Å²) in [5, 5.41) is 8.35. The van der Waals surface area contributed by atoms with Crippen molar-refractivity contribution in [1.29, 1.82) is 0 Å². The highest BCUT2D eigenvalue weighted by Gasteiger charge is 2.14. The van der Waals surface area contributed by atoms with Gasteiger partial charge in [0.2, 0.25) is 0 Å². The number of nitrogens with zero attached hydrogens (tertiary/aromatic N) is 3. The molecule has 1 atom stereocenters. The average molecular weight is 358 g/mol. The minimum Gasteiger partial charge on any atom is -0.468 e. The normalized spacial score (nSPS) is 12.2. The lowest BCUT2D eigenvalue weighted by atomic mass is 10.1. The first-order valence-corrected chi connectivity index (χ1v) is 9.07. The molecule has 27 heavy (non-hydrogen) atoms. The van der Waals surface area contributed by atoms with Gasteiger partial charge in [0.1, 0.15) is 5.76 Å². The number of benzene rings is 1. The number of hydrogen-bond acceptors (Lipinski definition) is 4. The number of rotatable bonds is 7. The molecule has 1 unspecified atom stereocenters. The Morgan fingerprint density at radius 1 is 1.07 bits per heavy atom. The molecule has 0 fully saturated rings. The van der Waals surface area contributed by atoms with Crippen molar-refractivity contribution in [3.8, 4) is 11.3 Å². The van der Waals surface area contributed by atoms with Crippen LogP contribution in [0, 0.1) is 0 Å². The Labute approximate surface area is 158 Å².